The molecule has 0 atom stereocenters. The van der Waals surface area contributed by atoms with E-state index in [0.717, 1.165) is 10.9 Å². The molecule has 0 aliphatic carbocycles. The van der Waals surface area contributed by atoms with Gasteiger partial charge in [-0.3, -0.25) is 10.4 Å². The number of hydrogen-bond acceptors (Lipinski definition) is 5. The molecular formula is C14H11N5O. The van der Waals surface area contributed by atoms with Crippen molar-refractivity contribution in [1.29, 1.82) is 5.41 Å². The summed E-state index contributed by atoms with van der Waals surface area (Å²) in [6.07, 6.45) is 4.56. The van der Waals surface area contributed by atoms with Crippen LogP contribution in [-0.4, -0.2) is 20.8 Å². The van der Waals surface area contributed by atoms with Crippen molar-refractivity contribution in [1.82, 2.24) is 15.0 Å². The van der Waals surface area contributed by atoms with E-state index in [1.165, 1.54) is 12.4 Å². The number of rotatable bonds is 3. The summed E-state index contributed by atoms with van der Waals surface area (Å²) in [4.78, 5) is 12.3. The molecule has 98 valence electrons. The highest BCUT2D eigenvalue weighted by molar-refractivity contribution is 5.92. The van der Waals surface area contributed by atoms with E-state index in [1.54, 1.807) is 6.20 Å². The molecule has 0 bridgehead atoms. The zero-order valence-electron chi connectivity index (χ0n) is 10.4. The Morgan fingerprint density at radius 2 is 2.00 bits per heavy atom. The van der Waals surface area contributed by atoms with Gasteiger partial charge in [-0.15, -0.1) is 0 Å². The third-order valence-corrected chi connectivity index (χ3v) is 2.70. The van der Waals surface area contributed by atoms with Gasteiger partial charge < -0.3 is 10.5 Å². The number of pyridine rings is 1. The molecular weight excluding hydrogens is 254 g/mol. The molecule has 2 heterocycles. The summed E-state index contributed by atoms with van der Waals surface area (Å²) < 4.78 is 5.60. The number of nitrogens with one attached hydrogen (secondary N) is 1. The van der Waals surface area contributed by atoms with Gasteiger partial charge in [0.15, 0.2) is 0 Å². The topological polar surface area (TPSA) is 97.8 Å². The molecule has 0 unspecified atom stereocenters. The van der Waals surface area contributed by atoms with Crippen LogP contribution in [0.5, 0.6) is 11.6 Å². The van der Waals surface area contributed by atoms with Crippen molar-refractivity contribution in [2.24, 2.45) is 5.73 Å². The zero-order valence-corrected chi connectivity index (χ0v) is 10.4. The maximum atomic E-state index is 7.24. The van der Waals surface area contributed by atoms with E-state index in [0.29, 0.717) is 17.3 Å². The minimum Gasteiger partial charge on any atom is -0.437 e. The monoisotopic (exact) mass is 265 g/mol. The molecule has 3 aromatic rings. The Morgan fingerprint density at radius 1 is 1.10 bits per heavy atom. The van der Waals surface area contributed by atoms with Crippen LogP contribution >= 0.6 is 0 Å². The van der Waals surface area contributed by atoms with E-state index in [1.807, 2.05) is 30.3 Å². The predicted molar refractivity (Wildman–Crippen MR) is 74.9 cm³/mol. The maximum absolute atomic E-state index is 7.24. The van der Waals surface area contributed by atoms with Crippen molar-refractivity contribution >= 4 is 16.7 Å². The summed E-state index contributed by atoms with van der Waals surface area (Å²) >= 11 is 0. The molecule has 3 rings (SSSR count). The normalized spacial score (nSPS) is 10.4. The number of nitrogens with two attached hydrogens (primary N) is 1. The van der Waals surface area contributed by atoms with Gasteiger partial charge in [-0.2, -0.15) is 0 Å². The number of hydrogen-bond donors (Lipinski definition) is 2. The molecule has 20 heavy (non-hydrogen) atoms. The Labute approximate surface area is 114 Å². The summed E-state index contributed by atoms with van der Waals surface area (Å²) in [7, 11) is 0. The van der Waals surface area contributed by atoms with Crippen LogP contribution in [0.25, 0.3) is 10.9 Å². The van der Waals surface area contributed by atoms with Gasteiger partial charge in [-0.1, -0.05) is 6.07 Å². The second-order valence-electron chi connectivity index (χ2n) is 4.11. The van der Waals surface area contributed by atoms with Crippen molar-refractivity contribution in [3.8, 4) is 11.6 Å². The number of nitrogen functional groups attached to an aromatic ring is 1. The van der Waals surface area contributed by atoms with Crippen molar-refractivity contribution in [3.63, 3.8) is 0 Å². The molecule has 6 nitrogen and oxygen atoms in total. The van der Waals surface area contributed by atoms with E-state index < -0.39 is 0 Å². The molecule has 3 N–H and O–H groups in total. The molecule has 0 saturated carbocycles. The molecule has 0 saturated heterocycles. The van der Waals surface area contributed by atoms with Gasteiger partial charge in [0, 0.05) is 17.6 Å². The van der Waals surface area contributed by atoms with Crippen LogP contribution in [0.15, 0.2) is 48.9 Å². The van der Waals surface area contributed by atoms with Gasteiger partial charge >= 0.3 is 0 Å². The van der Waals surface area contributed by atoms with E-state index in [4.69, 9.17) is 15.9 Å². The maximum Gasteiger partial charge on any atom is 0.237 e. The van der Waals surface area contributed by atoms with E-state index in [2.05, 4.69) is 15.0 Å². The smallest absolute Gasteiger partial charge is 0.237 e. The SMILES string of the molecule is N=C(N)c1cnc(Oc2ccc3cccnc3c2)cn1. The standard InChI is InChI=1S/C14H11N5O/c15-14(16)12-7-19-13(8-18-12)20-10-4-3-9-2-1-5-17-11(9)6-10/h1-8H,(H3,15,16). The van der Waals surface area contributed by atoms with E-state index in [-0.39, 0.29) is 5.84 Å². The summed E-state index contributed by atoms with van der Waals surface area (Å²) in [5.41, 5.74) is 6.47. The Bertz CT molecular complexity index is 770. The van der Waals surface area contributed by atoms with Crippen LogP contribution in [0.1, 0.15) is 5.69 Å². The summed E-state index contributed by atoms with van der Waals surface area (Å²) in [5, 5.41) is 8.28. The van der Waals surface area contributed by atoms with Gasteiger partial charge in [0.1, 0.15) is 17.3 Å². The fourth-order valence-corrected chi connectivity index (χ4v) is 1.74. The highest BCUT2D eigenvalue weighted by Crippen LogP contribution is 2.22. The number of ether oxygens (including phenoxy) is 1. The van der Waals surface area contributed by atoms with E-state index in [9.17, 15) is 0 Å². The Morgan fingerprint density at radius 3 is 2.75 bits per heavy atom. The lowest BCUT2D eigenvalue weighted by Crippen LogP contribution is -2.13. The molecule has 0 aliphatic rings. The lowest BCUT2D eigenvalue weighted by Gasteiger charge is -2.05. The van der Waals surface area contributed by atoms with Crippen molar-refractivity contribution in [2.75, 3.05) is 0 Å². The highest BCUT2D eigenvalue weighted by Gasteiger charge is 2.03. The molecule has 6 heteroatoms. The predicted octanol–water partition coefficient (Wildman–Crippen LogP) is 2.10. The first kappa shape index (κ1) is 12.0. The van der Waals surface area contributed by atoms with Gasteiger partial charge in [-0.05, 0) is 18.2 Å². The average molecular weight is 265 g/mol. The van der Waals surface area contributed by atoms with Crippen LogP contribution in [0.4, 0.5) is 0 Å². The number of amidine groups is 1. The number of benzene rings is 1. The van der Waals surface area contributed by atoms with Crippen molar-refractivity contribution < 1.29 is 4.74 Å². The summed E-state index contributed by atoms with van der Waals surface area (Å²) in [6, 6.07) is 9.46. The second kappa shape index (κ2) is 4.93. The first-order valence-electron chi connectivity index (χ1n) is 5.91. The number of nitrogens with zero attached hydrogens (tertiary/aromatic N) is 3. The van der Waals surface area contributed by atoms with Crippen LogP contribution in [-0.2, 0) is 0 Å². The third kappa shape index (κ3) is 2.39. The highest BCUT2D eigenvalue weighted by atomic mass is 16.5. The quantitative estimate of drug-likeness (QED) is 0.558. The van der Waals surface area contributed by atoms with E-state index >= 15 is 0 Å². The van der Waals surface area contributed by atoms with Crippen molar-refractivity contribution in [2.45, 2.75) is 0 Å². The average Bonchev–Trinajstić information content (AvgIpc) is 2.48. The van der Waals surface area contributed by atoms with Crippen LogP contribution in [0, 0.1) is 5.41 Å². The lowest BCUT2D eigenvalue weighted by atomic mass is 10.2. The number of fused-ring (bicyclic) bond motifs is 1. The fraction of sp³-hybridized carbons (Fsp3) is 0. The molecule has 0 fully saturated rings. The fourth-order valence-electron chi connectivity index (χ4n) is 1.74. The largest absolute Gasteiger partial charge is 0.437 e. The summed E-state index contributed by atoms with van der Waals surface area (Å²) in [6.45, 7) is 0. The Kier molecular flexibility index (Phi) is 2.96. The van der Waals surface area contributed by atoms with Crippen molar-refractivity contribution in [3.05, 3.63) is 54.6 Å². The minimum absolute atomic E-state index is 0.126. The minimum atomic E-state index is -0.126. The van der Waals surface area contributed by atoms with Gasteiger partial charge in [0.2, 0.25) is 5.88 Å². The van der Waals surface area contributed by atoms with Gasteiger partial charge in [-0.25, -0.2) is 9.97 Å². The molecule has 0 radical (unpaired) electrons. The van der Waals surface area contributed by atoms with Gasteiger partial charge in [0.25, 0.3) is 0 Å². The van der Waals surface area contributed by atoms with Crippen LogP contribution < -0.4 is 10.5 Å². The van der Waals surface area contributed by atoms with Gasteiger partial charge in [0.05, 0.1) is 17.9 Å². The first-order valence-corrected chi connectivity index (χ1v) is 5.91. The first-order chi connectivity index (χ1) is 9.72. The summed E-state index contributed by atoms with van der Waals surface area (Å²) in [5.74, 6) is 0.838. The second-order valence-corrected chi connectivity index (χ2v) is 4.11. The Hall–Kier alpha value is -3.02. The number of aromatic nitrogens is 3. The van der Waals surface area contributed by atoms with Crippen LogP contribution in [0.3, 0.4) is 0 Å². The third-order valence-electron chi connectivity index (χ3n) is 2.70. The zero-order chi connectivity index (χ0) is 13.9. The molecule has 1 aromatic carbocycles. The molecule has 0 amide bonds. The molecule has 0 aliphatic heterocycles. The lowest BCUT2D eigenvalue weighted by molar-refractivity contribution is 0.460. The Balaban J connectivity index is 1.87. The molecule has 0 spiro atoms. The molecule has 2 aromatic heterocycles. The van der Waals surface area contributed by atoms with Crippen LogP contribution in [0.2, 0.25) is 0 Å².